The number of hydrogen-bond acceptors (Lipinski definition) is 3. The van der Waals surface area contributed by atoms with Gasteiger partial charge in [-0.05, 0) is 42.2 Å². The molecule has 1 atom stereocenters. The number of hydrogen-bond donors (Lipinski definition) is 2. The smallest absolute Gasteiger partial charge is 0.156 e. The highest BCUT2D eigenvalue weighted by Gasteiger charge is 2.09. The Morgan fingerprint density at radius 3 is 2.60 bits per heavy atom. The van der Waals surface area contributed by atoms with Gasteiger partial charge in [-0.3, -0.25) is 5.41 Å². The van der Waals surface area contributed by atoms with Crippen molar-refractivity contribution in [1.82, 2.24) is 4.98 Å². The van der Waals surface area contributed by atoms with E-state index < -0.39 is 0 Å². The predicted octanol–water partition coefficient (Wildman–Crippen LogP) is 3.67. The molecule has 0 aliphatic carbocycles. The number of ether oxygens (including phenoxy) is 1. The Labute approximate surface area is 119 Å². The zero-order chi connectivity index (χ0) is 14.5. The number of nitrogens with zero attached hydrogens (tertiary/aromatic N) is 1. The molecule has 2 rings (SSSR count). The van der Waals surface area contributed by atoms with Crippen molar-refractivity contribution in [2.24, 2.45) is 5.73 Å². The quantitative estimate of drug-likeness (QED) is 0.642. The number of aromatic nitrogens is 1. The second kappa shape index (κ2) is 6.19. The SMILES string of the molecule is CCC(C)c1ccc(Oc2cccnc2C(=N)N)cc1. The molecular formula is C16H19N3O. The van der Waals surface area contributed by atoms with Gasteiger partial charge in [-0.2, -0.15) is 0 Å². The third-order valence-electron chi connectivity index (χ3n) is 3.32. The second-order valence-corrected chi connectivity index (χ2v) is 4.74. The fraction of sp³-hybridized carbons (Fsp3) is 0.250. The van der Waals surface area contributed by atoms with E-state index >= 15 is 0 Å². The van der Waals surface area contributed by atoms with Crippen molar-refractivity contribution in [2.75, 3.05) is 0 Å². The lowest BCUT2D eigenvalue weighted by molar-refractivity contribution is 0.478. The lowest BCUT2D eigenvalue weighted by atomic mass is 9.99. The highest BCUT2D eigenvalue weighted by molar-refractivity contribution is 5.95. The second-order valence-electron chi connectivity index (χ2n) is 4.74. The molecule has 1 unspecified atom stereocenters. The lowest BCUT2D eigenvalue weighted by Gasteiger charge is -2.12. The van der Waals surface area contributed by atoms with Crippen LogP contribution in [0.1, 0.15) is 37.4 Å². The zero-order valence-electron chi connectivity index (χ0n) is 11.8. The normalized spacial score (nSPS) is 11.9. The largest absolute Gasteiger partial charge is 0.455 e. The highest BCUT2D eigenvalue weighted by atomic mass is 16.5. The molecule has 0 saturated heterocycles. The van der Waals surface area contributed by atoms with Crippen molar-refractivity contribution in [3.63, 3.8) is 0 Å². The Kier molecular flexibility index (Phi) is 4.35. The molecule has 1 heterocycles. The summed E-state index contributed by atoms with van der Waals surface area (Å²) in [7, 11) is 0. The third-order valence-corrected chi connectivity index (χ3v) is 3.32. The summed E-state index contributed by atoms with van der Waals surface area (Å²) < 4.78 is 5.76. The average Bonchev–Trinajstić information content (AvgIpc) is 2.47. The topological polar surface area (TPSA) is 72.0 Å². The summed E-state index contributed by atoms with van der Waals surface area (Å²) in [4.78, 5) is 4.06. The molecule has 1 aromatic heterocycles. The molecule has 0 saturated carbocycles. The number of nitrogens with two attached hydrogens (primary N) is 1. The molecule has 0 bridgehead atoms. The minimum Gasteiger partial charge on any atom is -0.455 e. The number of nitrogen functional groups attached to an aromatic ring is 1. The van der Waals surface area contributed by atoms with Crippen LogP contribution in [0.5, 0.6) is 11.5 Å². The summed E-state index contributed by atoms with van der Waals surface area (Å²) in [5.41, 5.74) is 7.14. The van der Waals surface area contributed by atoms with Crippen LogP contribution in [0, 0.1) is 5.41 Å². The summed E-state index contributed by atoms with van der Waals surface area (Å²) in [6.45, 7) is 4.37. The van der Waals surface area contributed by atoms with E-state index in [1.54, 1.807) is 18.3 Å². The van der Waals surface area contributed by atoms with Crippen LogP contribution in [-0.2, 0) is 0 Å². The molecular weight excluding hydrogens is 250 g/mol. The Hall–Kier alpha value is -2.36. The third kappa shape index (κ3) is 3.15. The van der Waals surface area contributed by atoms with Crippen LogP contribution < -0.4 is 10.5 Å². The van der Waals surface area contributed by atoms with Gasteiger partial charge in [0.15, 0.2) is 5.75 Å². The van der Waals surface area contributed by atoms with Gasteiger partial charge in [-0.15, -0.1) is 0 Å². The van der Waals surface area contributed by atoms with Gasteiger partial charge < -0.3 is 10.5 Å². The average molecular weight is 269 g/mol. The first-order valence-electron chi connectivity index (χ1n) is 6.69. The molecule has 4 heteroatoms. The number of benzene rings is 1. The summed E-state index contributed by atoms with van der Waals surface area (Å²) in [5.74, 6) is 1.65. The van der Waals surface area contributed by atoms with Gasteiger partial charge in [-0.25, -0.2) is 4.98 Å². The minimum atomic E-state index is -0.100. The van der Waals surface area contributed by atoms with Crippen LogP contribution in [0.2, 0.25) is 0 Å². The van der Waals surface area contributed by atoms with E-state index in [0.717, 1.165) is 6.42 Å². The molecule has 3 N–H and O–H groups in total. The van der Waals surface area contributed by atoms with E-state index in [9.17, 15) is 0 Å². The summed E-state index contributed by atoms with van der Waals surface area (Å²) in [5, 5.41) is 7.49. The van der Waals surface area contributed by atoms with Crippen LogP contribution in [0.3, 0.4) is 0 Å². The molecule has 4 nitrogen and oxygen atoms in total. The van der Waals surface area contributed by atoms with Gasteiger partial charge in [0.05, 0.1) is 0 Å². The number of pyridine rings is 1. The molecule has 0 amide bonds. The lowest BCUT2D eigenvalue weighted by Crippen LogP contribution is -2.14. The Balaban J connectivity index is 2.20. The molecule has 104 valence electrons. The van der Waals surface area contributed by atoms with E-state index in [4.69, 9.17) is 15.9 Å². The number of rotatable bonds is 5. The maximum atomic E-state index is 7.49. The first-order valence-corrected chi connectivity index (χ1v) is 6.69. The first-order chi connectivity index (χ1) is 9.61. The van der Waals surface area contributed by atoms with Crippen molar-refractivity contribution in [3.05, 3.63) is 53.9 Å². The summed E-state index contributed by atoms with van der Waals surface area (Å²) in [6.07, 6.45) is 2.70. The van der Waals surface area contributed by atoms with Crippen LogP contribution >= 0.6 is 0 Å². The number of nitrogens with one attached hydrogen (secondary N) is 1. The maximum Gasteiger partial charge on any atom is 0.156 e. The molecule has 0 spiro atoms. The molecule has 0 aliphatic rings. The van der Waals surface area contributed by atoms with Crippen LogP contribution in [0.15, 0.2) is 42.6 Å². The van der Waals surface area contributed by atoms with E-state index in [2.05, 4.69) is 31.0 Å². The molecule has 0 radical (unpaired) electrons. The van der Waals surface area contributed by atoms with E-state index in [-0.39, 0.29) is 5.84 Å². The fourth-order valence-corrected chi connectivity index (χ4v) is 1.90. The summed E-state index contributed by atoms with van der Waals surface area (Å²) >= 11 is 0. The van der Waals surface area contributed by atoms with E-state index in [0.29, 0.717) is 23.1 Å². The highest BCUT2D eigenvalue weighted by Crippen LogP contribution is 2.26. The first kappa shape index (κ1) is 14.1. The zero-order valence-corrected chi connectivity index (χ0v) is 11.8. The Bertz CT molecular complexity index is 593. The van der Waals surface area contributed by atoms with Crippen LogP contribution in [-0.4, -0.2) is 10.8 Å². The molecule has 2 aromatic rings. The Morgan fingerprint density at radius 1 is 1.30 bits per heavy atom. The van der Waals surface area contributed by atoms with Gasteiger partial charge in [0.25, 0.3) is 0 Å². The van der Waals surface area contributed by atoms with Crippen molar-refractivity contribution in [3.8, 4) is 11.5 Å². The van der Waals surface area contributed by atoms with Gasteiger partial charge in [0.2, 0.25) is 0 Å². The molecule has 20 heavy (non-hydrogen) atoms. The van der Waals surface area contributed by atoms with Crippen molar-refractivity contribution < 1.29 is 4.74 Å². The minimum absolute atomic E-state index is 0.100. The standard InChI is InChI=1S/C16H19N3O/c1-3-11(2)12-6-8-13(9-7-12)20-14-5-4-10-19-15(14)16(17)18/h4-11H,3H2,1-2H3,(H3,17,18). The Morgan fingerprint density at radius 2 is 2.00 bits per heavy atom. The van der Waals surface area contributed by atoms with Gasteiger partial charge in [-0.1, -0.05) is 26.0 Å². The van der Waals surface area contributed by atoms with Gasteiger partial charge in [0.1, 0.15) is 17.3 Å². The van der Waals surface area contributed by atoms with Gasteiger partial charge >= 0.3 is 0 Å². The van der Waals surface area contributed by atoms with Crippen molar-refractivity contribution >= 4 is 5.84 Å². The predicted molar refractivity (Wildman–Crippen MR) is 80.5 cm³/mol. The molecule has 0 aliphatic heterocycles. The maximum absolute atomic E-state index is 7.49. The van der Waals surface area contributed by atoms with E-state index in [1.165, 1.54) is 5.56 Å². The van der Waals surface area contributed by atoms with E-state index in [1.807, 2.05) is 12.1 Å². The van der Waals surface area contributed by atoms with Crippen molar-refractivity contribution in [1.29, 1.82) is 5.41 Å². The van der Waals surface area contributed by atoms with Crippen LogP contribution in [0.25, 0.3) is 0 Å². The number of amidine groups is 1. The van der Waals surface area contributed by atoms with Crippen LogP contribution in [0.4, 0.5) is 0 Å². The molecule has 0 fully saturated rings. The monoisotopic (exact) mass is 269 g/mol. The fourth-order valence-electron chi connectivity index (χ4n) is 1.90. The molecule has 1 aromatic carbocycles. The van der Waals surface area contributed by atoms with Gasteiger partial charge in [0, 0.05) is 6.20 Å². The van der Waals surface area contributed by atoms with Crippen molar-refractivity contribution in [2.45, 2.75) is 26.2 Å². The summed E-state index contributed by atoms with van der Waals surface area (Å²) in [6, 6.07) is 11.5.